The Labute approximate surface area is 127 Å². The number of hydrogen-bond donors (Lipinski definition) is 2. The maximum Gasteiger partial charge on any atom is 0.0970 e. The van der Waals surface area contributed by atoms with E-state index in [1.807, 2.05) is 0 Å². The van der Waals surface area contributed by atoms with E-state index in [-0.39, 0.29) is 5.41 Å². The summed E-state index contributed by atoms with van der Waals surface area (Å²) in [5.41, 5.74) is 8.05. The summed E-state index contributed by atoms with van der Waals surface area (Å²) in [5.74, 6) is 1.97. The molecule has 5 unspecified atom stereocenters. The van der Waals surface area contributed by atoms with Crippen LogP contribution < -0.4 is 5.73 Å². The molecule has 3 N–H and O–H groups in total. The third kappa shape index (κ3) is 1.66. The van der Waals surface area contributed by atoms with Crippen LogP contribution in [0.15, 0.2) is 24.3 Å². The first-order valence-corrected chi connectivity index (χ1v) is 8.62. The minimum Gasteiger partial charge on any atom is -0.385 e. The molecule has 0 spiro atoms. The second-order valence-corrected chi connectivity index (χ2v) is 7.83. The minimum absolute atomic E-state index is 0.0772. The van der Waals surface area contributed by atoms with E-state index >= 15 is 0 Å². The SMILES string of the molecule is CC1CCC(O)(C2(CN)CC3CCC2C3)c2ccccc21. The molecule has 114 valence electrons. The van der Waals surface area contributed by atoms with Crippen molar-refractivity contribution >= 4 is 0 Å². The summed E-state index contributed by atoms with van der Waals surface area (Å²) >= 11 is 0. The predicted octanol–water partition coefficient (Wildman–Crippen LogP) is 3.54. The average Bonchev–Trinajstić information content (AvgIpc) is 3.13. The lowest BCUT2D eigenvalue weighted by Gasteiger charge is -2.53. The molecule has 0 radical (unpaired) electrons. The summed E-state index contributed by atoms with van der Waals surface area (Å²) in [6, 6.07) is 8.56. The normalized spacial score (nSPS) is 44.8. The molecule has 2 fully saturated rings. The Bertz CT molecular complexity index is 556. The summed E-state index contributed by atoms with van der Waals surface area (Å²) < 4.78 is 0. The van der Waals surface area contributed by atoms with E-state index in [1.165, 1.54) is 30.4 Å². The molecule has 0 heterocycles. The summed E-state index contributed by atoms with van der Waals surface area (Å²) in [4.78, 5) is 0. The summed E-state index contributed by atoms with van der Waals surface area (Å²) in [6.45, 7) is 2.92. The van der Waals surface area contributed by atoms with Gasteiger partial charge in [0.1, 0.15) is 0 Å². The van der Waals surface area contributed by atoms with Crippen molar-refractivity contribution in [2.45, 2.75) is 57.0 Å². The van der Waals surface area contributed by atoms with Gasteiger partial charge in [-0.2, -0.15) is 0 Å². The first kappa shape index (κ1) is 13.8. The molecule has 4 rings (SSSR count). The number of aliphatic hydroxyl groups is 1. The van der Waals surface area contributed by atoms with Gasteiger partial charge in [-0.1, -0.05) is 37.6 Å². The van der Waals surface area contributed by atoms with Crippen LogP contribution in [-0.4, -0.2) is 11.7 Å². The van der Waals surface area contributed by atoms with Crippen molar-refractivity contribution in [2.24, 2.45) is 23.0 Å². The van der Waals surface area contributed by atoms with Crippen LogP contribution in [0.2, 0.25) is 0 Å². The predicted molar refractivity (Wildman–Crippen MR) is 84.9 cm³/mol. The molecule has 1 aromatic rings. The Morgan fingerprint density at radius 3 is 2.71 bits per heavy atom. The van der Waals surface area contributed by atoms with Crippen LogP contribution in [0.4, 0.5) is 0 Å². The molecular formula is C19H27NO. The molecule has 2 heteroatoms. The molecule has 0 aliphatic heterocycles. The number of fused-ring (bicyclic) bond motifs is 3. The second-order valence-electron chi connectivity index (χ2n) is 7.83. The fraction of sp³-hybridized carbons (Fsp3) is 0.684. The molecule has 0 amide bonds. The highest BCUT2D eigenvalue weighted by atomic mass is 16.3. The van der Waals surface area contributed by atoms with Gasteiger partial charge in [-0.15, -0.1) is 0 Å². The van der Waals surface area contributed by atoms with E-state index in [2.05, 4.69) is 31.2 Å². The van der Waals surface area contributed by atoms with E-state index in [0.29, 0.717) is 18.4 Å². The Kier molecular flexibility index (Phi) is 3.00. The highest BCUT2D eigenvalue weighted by Gasteiger charge is 2.62. The number of benzene rings is 1. The Morgan fingerprint density at radius 1 is 1.24 bits per heavy atom. The van der Waals surface area contributed by atoms with Crippen LogP contribution >= 0.6 is 0 Å². The highest BCUT2D eigenvalue weighted by Crippen LogP contribution is 2.65. The van der Waals surface area contributed by atoms with Crippen molar-refractivity contribution in [1.29, 1.82) is 0 Å². The zero-order valence-electron chi connectivity index (χ0n) is 13.0. The van der Waals surface area contributed by atoms with Gasteiger partial charge in [0.2, 0.25) is 0 Å². The Morgan fingerprint density at radius 2 is 2.05 bits per heavy atom. The summed E-state index contributed by atoms with van der Waals surface area (Å²) in [7, 11) is 0. The average molecular weight is 285 g/mol. The highest BCUT2D eigenvalue weighted by molar-refractivity contribution is 5.40. The van der Waals surface area contributed by atoms with Gasteiger partial charge in [-0.3, -0.25) is 0 Å². The van der Waals surface area contributed by atoms with Crippen LogP contribution in [0, 0.1) is 17.3 Å². The number of nitrogens with two attached hydrogens (primary N) is 1. The zero-order chi connectivity index (χ0) is 14.7. The third-order valence-corrected chi connectivity index (χ3v) is 7.04. The van der Waals surface area contributed by atoms with Crippen molar-refractivity contribution in [3.05, 3.63) is 35.4 Å². The van der Waals surface area contributed by atoms with Crippen LogP contribution in [0.3, 0.4) is 0 Å². The topological polar surface area (TPSA) is 46.2 Å². The monoisotopic (exact) mass is 285 g/mol. The summed E-state index contributed by atoms with van der Waals surface area (Å²) in [6.07, 6.45) is 6.99. The van der Waals surface area contributed by atoms with Crippen molar-refractivity contribution in [3.63, 3.8) is 0 Å². The van der Waals surface area contributed by atoms with E-state index < -0.39 is 5.60 Å². The van der Waals surface area contributed by atoms with Crippen LogP contribution in [-0.2, 0) is 5.60 Å². The van der Waals surface area contributed by atoms with Crippen molar-refractivity contribution in [1.82, 2.24) is 0 Å². The van der Waals surface area contributed by atoms with Crippen LogP contribution in [0.5, 0.6) is 0 Å². The van der Waals surface area contributed by atoms with Crippen LogP contribution in [0.1, 0.15) is 62.5 Å². The van der Waals surface area contributed by atoms with Gasteiger partial charge >= 0.3 is 0 Å². The van der Waals surface area contributed by atoms with E-state index in [4.69, 9.17) is 5.73 Å². The van der Waals surface area contributed by atoms with Crippen molar-refractivity contribution in [3.8, 4) is 0 Å². The molecule has 21 heavy (non-hydrogen) atoms. The smallest absolute Gasteiger partial charge is 0.0970 e. The van der Waals surface area contributed by atoms with E-state index in [0.717, 1.165) is 25.2 Å². The van der Waals surface area contributed by atoms with Crippen molar-refractivity contribution in [2.75, 3.05) is 6.54 Å². The largest absolute Gasteiger partial charge is 0.385 e. The quantitative estimate of drug-likeness (QED) is 0.873. The molecule has 2 nitrogen and oxygen atoms in total. The zero-order valence-corrected chi connectivity index (χ0v) is 13.0. The number of rotatable bonds is 2. The molecule has 5 atom stereocenters. The maximum atomic E-state index is 11.8. The number of hydrogen-bond acceptors (Lipinski definition) is 2. The Hall–Kier alpha value is -0.860. The molecule has 2 saturated carbocycles. The molecule has 3 aliphatic carbocycles. The minimum atomic E-state index is -0.704. The lowest BCUT2D eigenvalue weighted by Crippen LogP contribution is -2.55. The molecule has 3 aliphatic rings. The van der Waals surface area contributed by atoms with Gasteiger partial charge in [-0.05, 0) is 61.0 Å². The van der Waals surface area contributed by atoms with Gasteiger partial charge < -0.3 is 10.8 Å². The third-order valence-electron chi connectivity index (χ3n) is 7.04. The first-order chi connectivity index (χ1) is 10.1. The van der Waals surface area contributed by atoms with Crippen molar-refractivity contribution < 1.29 is 5.11 Å². The molecule has 2 bridgehead atoms. The van der Waals surface area contributed by atoms with Gasteiger partial charge in [0.05, 0.1) is 5.60 Å². The standard InChI is InChI=1S/C19H27NO/c1-13-8-9-19(21,17-5-3-2-4-16(13)17)18(12-20)11-14-6-7-15(18)10-14/h2-5,13-15,21H,6-12,20H2,1H3. The Balaban J connectivity index is 1.85. The lowest BCUT2D eigenvalue weighted by molar-refractivity contribution is -0.129. The van der Waals surface area contributed by atoms with Gasteiger partial charge in [0, 0.05) is 12.0 Å². The fourth-order valence-corrected chi connectivity index (χ4v) is 5.91. The lowest BCUT2D eigenvalue weighted by atomic mass is 9.55. The first-order valence-electron chi connectivity index (χ1n) is 8.62. The molecule has 0 saturated heterocycles. The van der Waals surface area contributed by atoms with Gasteiger partial charge in [0.15, 0.2) is 0 Å². The molecule has 0 aromatic heterocycles. The summed E-state index contributed by atoms with van der Waals surface area (Å²) in [5, 5.41) is 11.8. The fourth-order valence-electron chi connectivity index (χ4n) is 5.91. The van der Waals surface area contributed by atoms with Crippen LogP contribution in [0.25, 0.3) is 0 Å². The maximum absolute atomic E-state index is 11.8. The molecular weight excluding hydrogens is 258 g/mol. The van der Waals surface area contributed by atoms with E-state index in [1.54, 1.807) is 0 Å². The van der Waals surface area contributed by atoms with Gasteiger partial charge in [-0.25, -0.2) is 0 Å². The van der Waals surface area contributed by atoms with E-state index in [9.17, 15) is 5.11 Å². The second kappa shape index (κ2) is 4.57. The van der Waals surface area contributed by atoms with Gasteiger partial charge in [0.25, 0.3) is 0 Å². The molecule has 1 aromatic carbocycles.